The fourth-order valence-corrected chi connectivity index (χ4v) is 2.81. The summed E-state index contributed by atoms with van der Waals surface area (Å²) < 4.78 is 19.1. The quantitative estimate of drug-likeness (QED) is 0.818. The fourth-order valence-electron chi connectivity index (χ4n) is 2.58. The molecule has 0 aromatic heterocycles. The number of hydrogen-bond donors (Lipinski definition) is 1. The Morgan fingerprint density at radius 3 is 2.64 bits per heavy atom. The van der Waals surface area contributed by atoms with Crippen LogP contribution in [0, 0.1) is 5.82 Å². The van der Waals surface area contributed by atoms with Gasteiger partial charge in [-0.15, -0.1) is 0 Å². The zero-order valence-corrected chi connectivity index (χ0v) is 15.3. The molecule has 0 saturated heterocycles. The molecule has 1 N–H and O–H groups in total. The number of nitrogens with one attached hydrogen (secondary N) is 1. The molecule has 0 aliphatic heterocycles. The number of amides is 1. The van der Waals surface area contributed by atoms with Crippen molar-refractivity contribution < 1.29 is 13.9 Å². The fraction of sp³-hybridized carbons (Fsp3) is 0.316. The van der Waals surface area contributed by atoms with Gasteiger partial charge >= 0.3 is 0 Å². The highest BCUT2D eigenvalue weighted by Gasteiger charge is 2.17. The van der Waals surface area contributed by atoms with Crippen LogP contribution in [0.1, 0.15) is 17.2 Å². The lowest BCUT2D eigenvalue weighted by Crippen LogP contribution is -2.35. The van der Waals surface area contributed by atoms with E-state index in [1.165, 1.54) is 12.1 Å². The Hall–Kier alpha value is -2.11. The maximum absolute atomic E-state index is 13.8. The van der Waals surface area contributed by atoms with Crippen LogP contribution in [0.4, 0.5) is 4.39 Å². The number of rotatable bonds is 7. The largest absolute Gasteiger partial charge is 0.497 e. The van der Waals surface area contributed by atoms with Crippen LogP contribution in [-0.4, -0.2) is 38.6 Å². The number of methoxy groups -OCH3 is 1. The Morgan fingerprint density at radius 2 is 2.00 bits per heavy atom. The predicted octanol–water partition coefficient (Wildman–Crippen LogP) is 3.45. The summed E-state index contributed by atoms with van der Waals surface area (Å²) in [5.41, 5.74) is 1.23. The van der Waals surface area contributed by atoms with Crippen molar-refractivity contribution in [2.45, 2.75) is 12.5 Å². The molecule has 0 spiro atoms. The van der Waals surface area contributed by atoms with Crippen molar-refractivity contribution in [2.75, 3.05) is 27.7 Å². The summed E-state index contributed by atoms with van der Waals surface area (Å²) >= 11 is 5.97. The van der Waals surface area contributed by atoms with Gasteiger partial charge in [-0.1, -0.05) is 29.8 Å². The van der Waals surface area contributed by atoms with Gasteiger partial charge < -0.3 is 15.0 Å². The van der Waals surface area contributed by atoms with Gasteiger partial charge in [0.05, 0.1) is 19.6 Å². The van der Waals surface area contributed by atoms with Gasteiger partial charge in [0.25, 0.3) is 0 Å². The lowest BCUT2D eigenvalue weighted by Gasteiger charge is -2.25. The highest BCUT2D eigenvalue weighted by Crippen LogP contribution is 2.23. The van der Waals surface area contributed by atoms with E-state index < -0.39 is 5.82 Å². The summed E-state index contributed by atoms with van der Waals surface area (Å²) in [5.74, 6) is 0.00941. The predicted molar refractivity (Wildman–Crippen MR) is 97.5 cm³/mol. The monoisotopic (exact) mass is 364 g/mol. The third-order valence-corrected chi connectivity index (χ3v) is 4.35. The molecule has 0 aliphatic rings. The van der Waals surface area contributed by atoms with Gasteiger partial charge in [0.15, 0.2) is 0 Å². The van der Waals surface area contributed by atoms with Crippen LogP contribution >= 0.6 is 11.6 Å². The number of benzene rings is 2. The van der Waals surface area contributed by atoms with Crippen LogP contribution in [0.5, 0.6) is 5.75 Å². The van der Waals surface area contributed by atoms with Crippen molar-refractivity contribution in [1.82, 2.24) is 10.2 Å². The normalized spacial score (nSPS) is 12.1. The Morgan fingerprint density at radius 1 is 1.28 bits per heavy atom. The van der Waals surface area contributed by atoms with Crippen LogP contribution in [0.3, 0.4) is 0 Å². The molecule has 6 heteroatoms. The van der Waals surface area contributed by atoms with Gasteiger partial charge in [0.1, 0.15) is 11.6 Å². The van der Waals surface area contributed by atoms with Crippen LogP contribution in [0.2, 0.25) is 5.02 Å². The van der Waals surface area contributed by atoms with Gasteiger partial charge in [0, 0.05) is 17.1 Å². The third-order valence-electron chi connectivity index (χ3n) is 3.99. The molecule has 0 radical (unpaired) electrons. The minimum atomic E-state index is -0.473. The smallest absolute Gasteiger partial charge is 0.224 e. The number of hydrogen-bond acceptors (Lipinski definition) is 3. The van der Waals surface area contributed by atoms with Crippen molar-refractivity contribution in [3.63, 3.8) is 0 Å². The van der Waals surface area contributed by atoms with Crippen LogP contribution in [0.15, 0.2) is 42.5 Å². The highest BCUT2D eigenvalue weighted by molar-refractivity contribution is 6.31. The second-order valence-corrected chi connectivity index (χ2v) is 6.34. The van der Waals surface area contributed by atoms with E-state index in [1.807, 2.05) is 43.3 Å². The summed E-state index contributed by atoms with van der Waals surface area (Å²) in [4.78, 5) is 14.2. The molecule has 134 valence electrons. The summed E-state index contributed by atoms with van der Waals surface area (Å²) in [7, 11) is 5.48. The number of likely N-dealkylation sites (N-methyl/N-ethyl adjacent to an activating group) is 1. The average Bonchev–Trinajstić information content (AvgIpc) is 2.58. The molecule has 0 bridgehead atoms. The standard InChI is InChI=1S/C19H22ClFN2O2/c1-23(2)18(13-6-4-7-14(10-13)25-3)12-22-19(24)11-15-16(20)8-5-9-17(15)21/h4-10,18H,11-12H2,1-3H3,(H,22,24). The second kappa shape index (κ2) is 8.83. The molecule has 4 nitrogen and oxygen atoms in total. The maximum atomic E-state index is 13.8. The number of carbonyl (C=O) groups is 1. The molecular formula is C19H22ClFN2O2. The topological polar surface area (TPSA) is 41.6 Å². The lowest BCUT2D eigenvalue weighted by molar-refractivity contribution is -0.120. The van der Waals surface area contributed by atoms with Crippen molar-refractivity contribution in [1.29, 1.82) is 0 Å². The Balaban J connectivity index is 2.04. The summed E-state index contributed by atoms with van der Waals surface area (Å²) in [6.45, 7) is 0.394. The van der Waals surface area contributed by atoms with E-state index in [-0.39, 0.29) is 29.0 Å². The minimum Gasteiger partial charge on any atom is -0.497 e. The molecule has 0 aliphatic carbocycles. The molecule has 2 aromatic carbocycles. The first kappa shape index (κ1) is 19.2. The number of halogens is 2. The van der Waals surface area contributed by atoms with E-state index in [4.69, 9.17) is 16.3 Å². The molecule has 1 unspecified atom stereocenters. The van der Waals surface area contributed by atoms with Gasteiger partial charge in [0.2, 0.25) is 5.91 Å². The summed E-state index contributed by atoms with van der Waals surface area (Å²) in [6, 6.07) is 12.1. The molecule has 2 rings (SSSR count). The first-order chi connectivity index (χ1) is 11.9. The number of nitrogens with zero attached hydrogens (tertiary/aromatic N) is 1. The summed E-state index contributed by atoms with van der Waals surface area (Å²) in [5, 5.41) is 3.11. The van der Waals surface area contributed by atoms with Crippen LogP contribution < -0.4 is 10.1 Å². The number of ether oxygens (including phenoxy) is 1. The number of carbonyl (C=O) groups excluding carboxylic acids is 1. The van der Waals surface area contributed by atoms with E-state index in [2.05, 4.69) is 5.32 Å². The lowest BCUT2D eigenvalue weighted by atomic mass is 10.1. The Kier molecular flexibility index (Phi) is 6.79. The molecular weight excluding hydrogens is 343 g/mol. The van der Waals surface area contributed by atoms with E-state index in [9.17, 15) is 9.18 Å². The molecule has 0 heterocycles. The van der Waals surface area contributed by atoms with E-state index >= 15 is 0 Å². The van der Waals surface area contributed by atoms with E-state index in [0.717, 1.165) is 11.3 Å². The summed E-state index contributed by atoms with van der Waals surface area (Å²) in [6.07, 6.45) is -0.0935. The Labute approximate surface area is 152 Å². The SMILES string of the molecule is COc1cccc(C(CNC(=O)Cc2c(F)cccc2Cl)N(C)C)c1. The van der Waals surface area contributed by atoms with Crippen molar-refractivity contribution in [2.24, 2.45) is 0 Å². The zero-order chi connectivity index (χ0) is 18.4. The average molecular weight is 365 g/mol. The first-order valence-electron chi connectivity index (χ1n) is 7.92. The third kappa shape index (κ3) is 5.18. The molecule has 1 atom stereocenters. The highest BCUT2D eigenvalue weighted by atomic mass is 35.5. The molecule has 0 saturated carbocycles. The van der Waals surface area contributed by atoms with Crippen molar-refractivity contribution in [3.05, 3.63) is 64.4 Å². The molecule has 25 heavy (non-hydrogen) atoms. The minimum absolute atomic E-state index is 0.0323. The van der Waals surface area contributed by atoms with Crippen molar-refractivity contribution in [3.8, 4) is 5.75 Å². The van der Waals surface area contributed by atoms with Crippen molar-refractivity contribution >= 4 is 17.5 Å². The van der Waals surface area contributed by atoms with Gasteiger partial charge in [-0.3, -0.25) is 4.79 Å². The van der Waals surface area contributed by atoms with Gasteiger partial charge in [-0.2, -0.15) is 0 Å². The van der Waals surface area contributed by atoms with Gasteiger partial charge in [-0.05, 0) is 43.9 Å². The van der Waals surface area contributed by atoms with Crippen LogP contribution in [-0.2, 0) is 11.2 Å². The van der Waals surface area contributed by atoms with E-state index in [1.54, 1.807) is 13.2 Å². The molecule has 0 fully saturated rings. The van der Waals surface area contributed by atoms with E-state index in [0.29, 0.717) is 6.54 Å². The van der Waals surface area contributed by atoms with Gasteiger partial charge in [-0.25, -0.2) is 4.39 Å². The Bertz CT molecular complexity index is 717. The zero-order valence-electron chi connectivity index (χ0n) is 14.6. The first-order valence-corrected chi connectivity index (χ1v) is 8.30. The van der Waals surface area contributed by atoms with Crippen LogP contribution in [0.25, 0.3) is 0 Å². The molecule has 2 aromatic rings. The maximum Gasteiger partial charge on any atom is 0.224 e. The molecule has 1 amide bonds. The second-order valence-electron chi connectivity index (χ2n) is 5.94.